The predicted molar refractivity (Wildman–Crippen MR) is 35.2 cm³/mol. The molecule has 4 heteroatoms. The molecule has 1 aromatic rings. The normalized spacial score (nSPS) is 9.09. The fourth-order valence-electron chi connectivity index (χ4n) is 0.644. The first-order valence-corrected chi connectivity index (χ1v) is 2.95. The Balaban J connectivity index is 2.98. The number of nitriles is 1. The summed E-state index contributed by atoms with van der Waals surface area (Å²) >= 11 is 0. The van der Waals surface area contributed by atoms with E-state index < -0.39 is 11.7 Å². The van der Waals surface area contributed by atoms with Crippen molar-refractivity contribution in [3.63, 3.8) is 0 Å². The van der Waals surface area contributed by atoms with Gasteiger partial charge in [-0.05, 0) is 12.1 Å². The lowest BCUT2D eigenvalue weighted by atomic mass is 10.3. The van der Waals surface area contributed by atoms with Crippen LogP contribution in [0.1, 0.15) is 5.69 Å². The molecule has 0 unspecified atom stereocenters. The van der Waals surface area contributed by atoms with Crippen molar-refractivity contribution in [3.05, 3.63) is 23.8 Å². The van der Waals surface area contributed by atoms with E-state index in [-0.39, 0.29) is 6.42 Å². The number of hydrogen-bond donors (Lipinski definition) is 1. The highest BCUT2D eigenvalue weighted by Crippen LogP contribution is 2.12. The Bertz CT molecular complexity index is 306. The van der Waals surface area contributed by atoms with E-state index in [4.69, 9.17) is 10.4 Å². The molecule has 0 fully saturated rings. The van der Waals surface area contributed by atoms with Gasteiger partial charge < -0.3 is 5.11 Å². The van der Waals surface area contributed by atoms with Gasteiger partial charge in [0.15, 0.2) is 5.75 Å². The maximum atomic E-state index is 12.4. The van der Waals surface area contributed by atoms with Gasteiger partial charge in [-0.3, -0.25) is 0 Å². The molecule has 0 saturated carbocycles. The van der Waals surface area contributed by atoms with Crippen LogP contribution >= 0.6 is 0 Å². The van der Waals surface area contributed by atoms with E-state index in [0.29, 0.717) is 5.69 Å². The minimum Gasteiger partial charge on any atom is -0.504 e. The molecule has 0 radical (unpaired) electrons. The molecule has 0 atom stereocenters. The van der Waals surface area contributed by atoms with Crippen molar-refractivity contribution in [1.82, 2.24) is 4.98 Å². The predicted octanol–water partition coefficient (Wildman–Crippen LogP) is 0.992. The number of hydrogen-bond acceptors (Lipinski definition) is 3. The number of pyridine rings is 1. The quantitative estimate of drug-likeness (QED) is 0.610. The Morgan fingerprint density at radius 1 is 1.64 bits per heavy atom. The van der Waals surface area contributed by atoms with Crippen molar-refractivity contribution in [2.75, 3.05) is 0 Å². The summed E-state index contributed by atoms with van der Waals surface area (Å²) in [6.45, 7) is 0. The van der Waals surface area contributed by atoms with Crippen molar-refractivity contribution in [3.8, 4) is 11.8 Å². The lowest BCUT2D eigenvalue weighted by molar-refractivity contribution is 0.417. The molecule has 11 heavy (non-hydrogen) atoms. The van der Waals surface area contributed by atoms with Gasteiger partial charge in [-0.25, -0.2) is 4.98 Å². The van der Waals surface area contributed by atoms with E-state index in [0.717, 1.165) is 0 Å². The van der Waals surface area contributed by atoms with Crippen LogP contribution in [0.3, 0.4) is 0 Å². The second kappa shape index (κ2) is 2.97. The molecule has 0 spiro atoms. The molecule has 0 amide bonds. The number of halogens is 1. The van der Waals surface area contributed by atoms with E-state index in [2.05, 4.69) is 4.98 Å². The van der Waals surface area contributed by atoms with Crippen LogP contribution in [0, 0.1) is 17.3 Å². The van der Waals surface area contributed by atoms with Crippen molar-refractivity contribution in [1.29, 1.82) is 5.26 Å². The highest BCUT2D eigenvalue weighted by Gasteiger charge is 2.01. The summed E-state index contributed by atoms with van der Waals surface area (Å²) in [5.41, 5.74) is 0.322. The molecule has 0 aliphatic carbocycles. The van der Waals surface area contributed by atoms with Gasteiger partial charge in [-0.2, -0.15) is 9.65 Å². The lowest BCUT2D eigenvalue weighted by Crippen LogP contribution is -1.90. The zero-order chi connectivity index (χ0) is 8.27. The van der Waals surface area contributed by atoms with Crippen LogP contribution in [0.15, 0.2) is 12.1 Å². The Hall–Kier alpha value is -1.63. The highest BCUT2D eigenvalue weighted by atomic mass is 19.1. The van der Waals surface area contributed by atoms with Gasteiger partial charge >= 0.3 is 0 Å². The van der Waals surface area contributed by atoms with Gasteiger partial charge in [0.25, 0.3) is 5.95 Å². The molecule has 3 nitrogen and oxygen atoms in total. The minimum absolute atomic E-state index is 0.0528. The first kappa shape index (κ1) is 7.48. The molecule has 1 rings (SSSR count). The maximum absolute atomic E-state index is 12.4. The van der Waals surface area contributed by atoms with Crippen molar-refractivity contribution >= 4 is 0 Å². The van der Waals surface area contributed by atoms with Crippen LogP contribution in [0.2, 0.25) is 0 Å². The zero-order valence-electron chi connectivity index (χ0n) is 5.58. The summed E-state index contributed by atoms with van der Waals surface area (Å²) in [6, 6.07) is 4.40. The molecule has 0 saturated heterocycles. The maximum Gasteiger partial charge on any atom is 0.255 e. The van der Waals surface area contributed by atoms with Gasteiger partial charge in [0.1, 0.15) is 0 Å². The number of nitrogens with zero attached hydrogens (tertiary/aromatic N) is 2. The largest absolute Gasteiger partial charge is 0.504 e. The Morgan fingerprint density at radius 2 is 2.36 bits per heavy atom. The second-order valence-electron chi connectivity index (χ2n) is 1.95. The lowest BCUT2D eigenvalue weighted by Gasteiger charge is -1.95. The monoisotopic (exact) mass is 152 g/mol. The van der Waals surface area contributed by atoms with Gasteiger partial charge in [0, 0.05) is 0 Å². The minimum atomic E-state index is -0.933. The van der Waals surface area contributed by atoms with Gasteiger partial charge in [-0.1, -0.05) is 0 Å². The van der Waals surface area contributed by atoms with E-state index >= 15 is 0 Å². The van der Waals surface area contributed by atoms with Gasteiger partial charge in [-0.15, -0.1) is 0 Å². The summed E-state index contributed by atoms with van der Waals surface area (Å²) in [4.78, 5) is 3.32. The zero-order valence-corrected chi connectivity index (χ0v) is 5.58. The smallest absolute Gasteiger partial charge is 0.255 e. The van der Waals surface area contributed by atoms with Crippen LogP contribution in [-0.2, 0) is 6.42 Å². The molecular weight excluding hydrogens is 147 g/mol. The summed E-state index contributed by atoms with van der Waals surface area (Å²) in [6.07, 6.45) is 0.0528. The standard InChI is InChI=1S/C7H5FN2O/c8-7-6(11)2-1-5(10-7)3-4-9/h1-2,11H,3H2. The molecule has 1 heterocycles. The Kier molecular flexibility index (Phi) is 2.02. The third kappa shape index (κ3) is 1.64. The van der Waals surface area contributed by atoms with E-state index in [1.54, 1.807) is 0 Å². The highest BCUT2D eigenvalue weighted by molar-refractivity contribution is 5.21. The third-order valence-corrected chi connectivity index (χ3v) is 1.15. The third-order valence-electron chi connectivity index (χ3n) is 1.15. The molecule has 56 valence electrons. The van der Waals surface area contributed by atoms with Crippen LogP contribution in [0.25, 0.3) is 0 Å². The fourth-order valence-corrected chi connectivity index (χ4v) is 0.644. The van der Waals surface area contributed by atoms with Crippen LogP contribution in [-0.4, -0.2) is 10.1 Å². The summed E-state index contributed by atoms with van der Waals surface area (Å²) in [7, 11) is 0. The fraction of sp³-hybridized carbons (Fsp3) is 0.143. The molecule has 1 N–H and O–H groups in total. The average Bonchev–Trinajstić information content (AvgIpc) is 1.98. The first-order valence-electron chi connectivity index (χ1n) is 2.95. The molecule has 0 aromatic carbocycles. The van der Waals surface area contributed by atoms with Crippen molar-refractivity contribution in [2.45, 2.75) is 6.42 Å². The molecule has 0 bridgehead atoms. The summed E-state index contributed by atoms with van der Waals surface area (Å²) < 4.78 is 12.4. The number of aromatic nitrogens is 1. The van der Waals surface area contributed by atoms with E-state index in [1.807, 2.05) is 6.07 Å². The van der Waals surface area contributed by atoms with E-state index in [9.17, 15) is 4.39 Å². The van der Waals surface area contributed by atoms with Crippen LogP contribution in [0.4, 0.5) is 4.39 Å². The van der Waals surface area contributed by atoms with Crippen molar-refractivity contribution < 1.29 is 9.50 Å². The number of rotatable bonds is 1. The SMILES string of the molecule is N#CCc1ccc(O)c(F)n1. The Morgan fingerprint density at radius 3 is 2.91 bits per heavy atom. The molecular formula is C7H5FN2O. The van der Waals surface area contributed by atoms with Crippen LogP contribution < -0.4 is 0 Å². The van der Waals surface area contributed by atoms with Gasteiger partial charge in [0.2, 0.25) is 0 Å². The molecule has 1 aromatic heterocycles. The first-order chi connectivity index (χ1) is 5.24. The summed E-state index contributed by atoms with van der Waals surface area (Å²) in [5, 5.41) is 16.9. The second-order valence-corrected chi connectivity index (χ2v) is 1.95. The summed E-state index contributed by atoms with van der Waals surface area (Å²) in [5.74, 6) is -1.43. The van der Waals surface area contributed by atoms with Gasteiger partial charge in [0.05, 0.1) is 18.2 Å². The van der Waals surface area contributed by atoms with Crippen LogP contribution in [0.5, 0.6) is 5.75 Å². The topological polar surface area (TPSA) is 56.9 Å². The Labute approximate surface area is 62.7 Å². The molecule has 0 aliphatic rings. The van der Waals surface area contributed by atoms with E-state index in [1.165, 1.54) is 12.1 Å². The molecule has 0 aliphatic heterocycles. The number of aromatic hydroxyl groups is 1. The average molecular weight is 152 g/mol. The van der Waals surface area contributed by atoms with Crippen molar-refractivity contribution in [2.24, 2.45) is 0 Å².